The number of benzene rings is 4. The van der Waals surface area contributed by atoms with Gasteiger partial charge >= 0.3 is 8.80 Å². The molecule has 4 aromatic rings. The number of nitrogens with zero attached hydrogens (tertiary/aromatic N) is 1. The highest BCUT2D eigenvalue weighted by atomic mass is 28.4. The SMILES string of the molecule is CO[Si](CCCOCC(O)N(CCN/C(=C/C(=O)c1ccccc1)c1ccccc1)CCN/C(=C/C(=O)c1ccccc1)c1ccccc1)(OC)OC. The van der Waals surface area contributed by atoms with E-state index < -0.39 is 15.0 Å². The molecular weight excluding hydrogens is 687 g/mol. The van der Waals surface area contributed by atoms with Gasteiger partial charge in [-0.2, -0.15) is 0 Å². The highest BCUT2D eigenvalue weighted by Gasteiger charge is 2.36. The molecule has 0 radical (unpaired) electrons. The van der Waals surface area contributed by atoms with Crippen LogP contribution in [0.15, 0.2) is 133 Å². The van der Waals surface area contributed by atoms with Gasteiger partial charge in [0.1, 0.15) is 6.23 Å². The highest BCUT2D eigenvalue weighted by Crippen LogP contribution is 2.17. The zero-order chi connectivity index (χ0) is 37.7. The zero-order valence-corrected chi connectivity index (χ0v) is 31.8. The van der Waals surface area contributed by atoms with Crippen molar-refractivity contribution in [1.82, 2.24) is 15.5 Å². The van der Waals surface area contributed by atoms with Crippen molar-refractivity contribution in [3.63, 3.8) is 0 Å². The summed E-state index contributed by atoms with van der Waals surface area (Å²) < 4.78 is 22.4. The van der Waals surface area contributed by atoms with Gasteiger partial charge in [-0.25, -0.2) is 0 Å². The van der Waals surface area contributed by atoms with Crippen LogP contribution in [-0.2, 0) is 18.0 Å². The van der Waals surface area contributed by atoms with E-state index in [1.54, 1.807) is 57.7 Å². The molecule has 0 spiro atoms. The number of hydrogen-bond acceptors (Lipinski definition) is 10. The standard InChI is InChI=1S/C42H51N3O7Si/c1-49-53(50-2,51-3)30-16-29-52-33-42(48)45(27-25-43-38(34-17-8-4-9-18-34)31-40(46)36-21-12-6-13-22-36)28-26-44-39(35-19-10-5-11-20-35)32-41(47)37-23-14-7-15-24-37/h4-15,17-24,31-32,42-44,48H,16,25-30,33H2,1-3H3/b38-31+,39-32+. The summed E-state index contributed by atoms with van der Waals surface area (Å²) >= 11 is 0. The van der Waals surface area contributed by atoms with E-state index >= 15 is 0 Å². The second-order valence-corrected chi connectivity index (χ2v) is 15.2. The fourth-order valence-electron chi connectivity index (χ4n) is 5.66. The van der Waals surface area contributed by atoms with Gasteiger partial charge in [0.25, 0.3) is 0 Å². The molecule has 0 amide bonds. The van der Waals surface area contributed by atoms with Crippen LogP contribution in [-0.4, -0.2) is 97.3 Å². The lowest BCUT2D eigenvalue weighted by Crippen LogP contribution is -2.45. The van der Waals surface area contributed by atoms with Crippen LogP contribution in [0.2, 0.25) is 6.04 Å². The number of aliphatic hydroxyl groups is 1. The van der Waals surface area contributed by atoms with E-state index in [9.17, 15) is 14.7 Å². The Morgan fingerprint density at radius 3 is 1.40 bits per heavy atom. The minimum atomic E-state index is -2.72. The maximum absolute atomic E-state index is 13.2. The molecule has 11 heteroatoms. The van der Waals surface area contributed by atoms with Crippen molar-refractivity contribution in [1.29, 1.82) is 0 Å². The van der Waals surface area contributed by atoms with Crippen LogP contribution in [0.5, 0.6) is 0 Å². The van der Waals surface area contributed by atoms with Crippen molar-refractivity contribution in [2.45, 2.75) is 18.7 Å². The number of allylic oxidation sites excluding steroid dienone is 2. The predicted octanol–water partition coefficient (Wildman–Crippen LogP) is 5.92. The second-order valence-electron chi connectivity index (χ2n) is 12.2. The molecule has 0 bridgehead atoms. The summed E-state index contributed by atoms with van der Waals surface area (Å²) in [5.41, 5.74) is 4.29. The number of aliphatic hydroxyl groups excluding tert-OH is 1. The predicted molar refractivity (Wildman–Crippen MR) is 211 cm³/mol. The van der Waals surface area contributed by atoms with Gasteiger partial charge < -0.3 is 33.8 Å². The molecule has 0 saturated heterocycles. The number of ether oxygens (including phenoxy) is 1. The fourth-order valence-corrected chi connectivity index (χ4v) is 7.35. The second kappa shape index (κ2) is 22.4. The van der Waals surface area contributed by atoms with E-state index in [-0.39, 0.29) is 18.2 Å². The summed E-state index contributed by atoms with van der Waals surface area (Å²) in [6.07, 6.45) is 2.93. The molecule has 0 fully saturated rings. The molecule has 0 aromatic heterocycles. The lowest BCUT2D eigenvalue weighted by molar-refractivity contribution is -0.0571. The van der Waals surface area contributed by atoms with E-state index in [2.05, 4.69) is 10.6 Å². The van der Waals surface area contributed by atoms with Gasteiger partial charge in [-0.3, -0.25) is 14.5 Å². The van der Waals surface area contributed by atoms with Crippen molar-refractivity contribution >= 4 is 31.8 Å². The van der Waals surface area contributed by atoms with Gasteiger partial charge in [0.2, 0.25) is 0 Å². The Kier molecular flexibility index (Phi) is 17.3. The lowest BCUT2D eigenvalue weighted by Gasteiger charge is -2.29. The Labute approximate surface area is 314 Å². The third-order valence-electron chi connectivity index (χ3n) is 8.66. The van der Waals surface area contributed by atoms with E-state index in [1.165, 1.54) is 0 Å². The lowest BCUT2D eigenvalue weighted by atomic mass is 10.1. The first kappa shape index (κ1) is 41.0. The molecule has 1 unspecified atom stereocenters. The fraction of sp³-hybridized carbons (Fsp3) is 0.286. The minimum absolute atomic E-state index is 0.0727. The van der Waals surface area contributed by atoms with Crippen LogP contribution in [0.25, 0.3) is 11.4 Å². The summed E-state index contributed by atoms with van der Waals surface area (Å²) in [7, 11) is 2.01. The summed E-state index contributed by atoms with van der Waals surface area (Å²) in [5.74, 6) is -0.224. The molecule has 4 aromatic carbocycles. The summed E-state index contributed by atoms with van der Waals surface area (Å²) in [6.45, 7) is 2.17. The van der Waals surface area contributed by atoms with Crippen LogP contribution in [0.3, 0.4) is 0 Å². The number of rotatable bonds is 24. The maximum atomic E-state index is 13.2. The molecule has 0 aliphatic heterocycles. The zero-order valence-electron chi connectivity index (χ0n) is 30.8. The molecule has 10 nitrogen and oxygen atoms in total. The van der Waals surface area contributed by atoms with Crippen LogP contribution in [0.4, 0.5) is 0 Å². The molecule has 0 heterocycles. The number of carbonyl (C=O) groups is 2. The average molecular weight is 738 g/mol. The molecule has 1 atom stereocenters. The van der Waals surface area contributed by atoms with Crippen LogP contribution in [0, 0.1) is 0 Å². The molecule has 280 valence electrons. The monoisotopic (exact) mass is 737 g/mol. The maximum Gasteiger partial charge on any atom is 0.500 e. The number of carbonyl (C=O) groups excluding carboxylic acids is 2. The Morgan fingerprint density at radius 1 is 0.642 bits per heavy atom. The first-order valence-corrected chi connectivity index (χ1v) is 19.7. The molecule has 0 aliphatic carbocycles. The van der Waals surface area contributed by atoms with Crippen LogP contribution >= 0.6 is 0 Å². The first-order valence-electron chi connectivity index (χ1n) is 17.7. The van der Waals surface area contributed by atoms with Gasteiger partial charge in [-0.15, -0.1) is 0 Å². The van der Waals surface area contributed by atoms with Crippen molar-refractivity contribution in [3.8, 4) is 0 Å². The van der Waals surface area contributed by atoms with E-state index in [0.717, 1.165) is 11.1 Å². The Hall–Kier alpha value is -4.72. The third kappa shape index (κ3) is 13.3. The summed E-state index contributed by atoms with van der Waals surface area (Å²) in [5, 5.41) is 18.3. The highest BCUT2D eigenvalue weighted by molar-refractivity contribution is 6.60. The number of hydrogen-bond donors (Lipinski definition) is 3. The van der Waals surface area contributed by atoms with Gasteiger partial charge in [-0.05, 0) is 17.5 Å². The van der Waals surface area contributed by atoms with E-state index in [1.807, 2.05) is 102 Å². The molecule has 3 N–H and O–H groups in total. The van der Waals surface area contributed by atoms with Crippen LogP contribution in [0.1, 0.15) is 38.3 Å². The first-order chi connectivity index (χ1) is 25.9. The van der Waals surface area contributed by atoms with Gasteiger partial charge in [-0.1, -0.05) is 121 Å². The van der Waals surface area contributed by atoms with Gasteiger partial charge in [0.05, 0.1) is 6.61 Å². The topological polar surface area (TPSA) is 119 Å². The quantitative estimate of drug-likeness (QED) is 0.0263. The van der Waals surface area contributed by atoms with Crippen molar-refractivity contribution in [2.24, 2.45) is 0 Å². The van der Waals surface area contributed by atoms with E-state index in [4.69, 9.17) is 18.0 Å². The van der Waals surface area contributed by atoms with Crippen molar-refractivity contribution < 1.29 is 32.7 Å². The summed E-state index contributed by atoms with van der Waals surface area (Å²) in [6, 6.07) is 38.2. The molecule has 0 aliphatic rings. The van der Waals surface area contributed by atoms with E-state index in [0.29, 0.717) is 67.8 Å². The Balaban J connectivity index is 1.46. The molecular formula is C42H51N3O7Si. The van der Waals surface area contributed by atoms with Crippen molar-refractivity contribution in [2.75, 3.05) is 60.7 Å². The molecule has 0 saturated carbocycles. The molecule has 4 rings (SSSR count). The minimum Gasteiger partial charge on any atom is -0.383 e. The largest absolute Gasteiger partial charge is 0.500 e. The summed E-state index contributed by atoms with van der Waals surface area (Å²) in [4.78, 5) is 28.2. The smallest absolute Gasteiger partial charge is 0.383 e. The number of nitrogens with one attached hydrogen (secondary N) is 2. The third-order valence-corrected chi connectivity index (χ3v) is 11.5. The average Bonchev–Trinajstić information content (AvgIpc) is 3.22. The molecule has 53 heavy (non-hydrogen) atoms. The Morgan fingerprint density at radius 2 is 1.02 bits per heavy atom. The van der Waals surface area contributed by atoms with Gasteiger partial charge in [0.15, 0.2) is 11.6 Å². The normalized spacial score (nSPS) is 12.8. The number of ketones is 2. The van der Waals surface area contributed by atoms with Crippen molar-refractivity contribution in [3.05, 3.63) is 156 Å². The van der Waals surface area contributed by atoms with Crippen LogP contribution < -0.4 is 10.6 Å². The Bertz CT molecular complexity index is 1600. The van der Waals surface area contributed by atoms with Gasteiger partial charge in [0, 0.05) is 94.8 Å².